The number of aliphatic hydroxyl groups excluding tert-OH is 1. The van der Waals surface area contributed by atoms with E-state index in [1.54, 1.807) is 0 Å². The summed E-state index contributed by atoms with van der Waals surface area (Å²) in [7, 11) is 0. The number of carboxylic acids is 1. The number of benzene rings is 1. The van der Waals surface area contributed by atoms with Crippen LogP contribution in [0.5, 0.6) is 0 Å². The molecule has 9 atom stereocenters. The van der Waals surface area contributed by atoms with Gasteiger partial charge in [-0.15, -0.1) is 0 Å². The lowest BCUT2D eigenvalue weighted by atomic mass is 9.44. The third kappa shape index (κ3) is 3.06. The molecule has 6 nitrogen and oxygen atoms in total. The van der Waals surface area contributed by atoms with Crippen molar-refractivity contribution in [2.24, 2.45) is 28.6 Å². The second kappa shape index (κ2) is 8.24. The van der Waals surface area contributed by atoms with E-state index in [0.29, 0.717) is 0 Å². The Morgan fingerprint density at radius 1 is 1.11 bits per heavy atom. The molecule has 10 heteroatoms. The number of carbonyl (C=O) groups excluding carboxylic acids is 2. The van der Waals surface area contributed by atoms with Gasteiger partial charge in [0.25, 0.3) is 0 Å². The Morgan fingerprint density at radius 3 is 2.34 bits per heavy atom. The molecule has 3 fully saturated rings. The van der Waals surface area contributed by atoms with Crippen molar-refractivity contribution >= 4 is 17.7 Å². The average molecular weight is 537 g/mol. The van der Waals surface area contributed by atoms with E-state index >= 15 is 8.78 Å². The zero-order chi connectivity index (χ0) is 28.0. The molecule has 0 aliphatic heterocycles. The lowest BCUT2D eigenvalue weighted by Gasteiger charge is -2.62. The molecular formula is C28H28F4O6. The van der Waals surface area contributed by atoms with Crippen LogP contribution in [0.3, 0.4) is 0 Å². The van der Waals surface area contributed by atoms with Crippen LogP contribution >= 0.6 is 0 Å². The van der Waals surface area contributed by atoms with Crippen molar-refractivity contribution in [1.29, 1.82) is 0 Å². The number of carboxylic acid groups (broad SMARTS) is 1. The molecule has 4 aliphatic carbocycles. The molecule has 0 unspecified atom stereocenters. The van der Waals surface area contributed by atoms with Crippen LogP contribution in [0.4, 0.5) is 17.6 Å². The molecule has 4 aliphatic rings. The summed E-state index contributed by atoms with van der Waals surface area (Å²) in [6.45, 7) is 4.32. The first-order valence-corrected chi connectivity index (χ1v) is 12.5. The highest BCUT2D eigenvalue weighted by Gasteiger charge is 2.78. The quantitative estimate of drug-likeness (QED) is 0.436. The van der Waals surface area contributed by atoms with Gasteiger partial charge >= 0.3 is 11.9 Å². The number of fused-ring (bicyclic) bond motifs is 5. The zero-order valence-electron chi connectivity index (χ0n) is 21.0. The number of halogens is 4. The second-order valence-electron chi connectivity index (χ2n) is 11.5. The highest BCUT2D eigenvalue weighted by atomic mass is 19.2. The highest BCUT2D eigenvalue weighted by Crippen LogP contribution is 2.71. The molecule has 1 aromatic rings. The Kier molecular flexibility index (Phi) is 5.77. The van der Waals surface area contributed by atoms with Gasteiger partial charge in [-0.05, 0) is 62.0 Å². The van der Waals surface area contributed by atoms with Gasteiger partial charge in [-0.25, -0.2) is 27.2 Å². The van der Waals surface area contributed by atoms with Crippen LogP contribution in [-0.2, 0) is 14.3 Å². The van der Waals surface area contributed by atoms with Gasteiger partial charge in [0, 0.05) is 22.7 Å². The van der Waals surface area contributed by atoms with Gasteiger partial charge < -0.3 is 14.9 Å². The maximum absolute atomic E-state index is 17.3. The molecule has 5 rings (SSSR count). The highest BCUT2D eigenvalue weighted by molar-refractivity contribution is 6.01. The summed E-state index contributed by atoms with van der Waals surface area (Å²) in [5.41, 5.74) is -9.30. The van der Waals surface area contributed by atoms with E-state index in [9.17, 15) is 33.4 Å². The van der Waals surface area contributed by atoms with E-state index in [4.69, 9.17) is 4.74 Å². The monoisotopic (exact) mass is 536 g/mol. The number of rotatable bonds is 3. The van der Waals surface area contributed by atoms with Gasteiger partial charge in [0.2, 0.25) is 5.60 Å². The predicted molar refractivity (Wildman–Crippen MR) is 125 cm³/mol. The smallest absolute Gasteiger partial charge is 0.349 e. The number of aliphatic carboxylic acids is 1. The van der Waals surface area contributed by atoms with Crippen LogP contribution in [0.15, 0.2) is 42.0 Å². The number of carbonyl (C=O) groups is 3. The molecule has 204 valence electrons. The predicted octanol–water partition coefficient (Wildman–Crippen LogP) is 4.51. The number of aliphatic hydroxyl groups is 1. The second-order valence-corrected chi connectivity index (χ2v) is 11.5. The largest absolute Gasteiger partial charge is 0.478 e. The van der Waals surface area contributed by atoms with Crippen LogP contribution in [-0.4, -0.2) is 51.5 Å². The molecule has 38 heavy (non-hydrogen) atoms. The molecule has 3 saturated carbocycles. The fourth-order valence-electron chi connectivity index (χ4n) is 8.13. The maximum Gasteiger partial charge on any atom is 0.349 e. The van der Waals surface area contributed by atoms with E-state index in [1.807, 2.05) is 0 Å². The molecule has 0 saturated heterocycles. The average Bonchev–Trinajstić information content (AvgIpc) is 3.04. The minimum atomic E-state index is -2.46. The van der Waals surface area contributed by atoms with Crippen LogP contribution < -0.4 is 0 Å². The number of alkyl halides is 2. The van der Waals surface area contributed by atoms with Gasteiger partial charge in [-0.2, -0.15) is 0 Å². The van der Waals surface area contributed by atoms with Gasteiger partial charge in [-0.3, -0.25) is 4.79 Å². The lowest BCUT2D eigenvalue weighted by Crippen LogP contribution is -2.71. The van der Waals surface area contributed by atoms with Crippen molar-refractivity contribution in [1.82, 2.24) is 0 Å². The van der Waals surface area contributed by atoms with E-state index in [2.05, 4.69) is 0 Å². The third-order valence-corrected chi connectivity index (χ3v) is 9.91. The minimum absolute atomic E-state index is 0.0105. The standard InChI is InChI=1S/C28H28F4O6/c1-13-9-15-16-11-20(31)17-10-14(33)7-8-25(17,2)27(16,32)21(34)12-26(15,3)28(13,24(36)37)38-23(35)22-18(29)5-4-6-19(22)30/h4-8,10,13,15-16,20-21,34H,9,11-12H2,1-3H3,(H,36,37)/t13-,15+,16+,20+,21-,25+,26+,27+,28+/m1/s1. The van der Waals surface area contributed by atoms with E-state index in [0.717, 1.165) is 30.4 Å². The van der Waals surface area contributed by atoms with Crippen molar-refractivity contribution in [3.63, 3.8) is 0 Å². The SMILES string of the molecule is C[C@@H]1C[C@H]2[C@@H]3C[C@H](F)C4=CC(=O)C=C[C@]4(C)[C@@]3(F)[C@H](O)C[C@]2(C)[C@@]1(OC(=O)c1c(F)cccc1F)C(=O)O. The topological polar surface area (TPSA) is 101 Å². The summed E-state index contributed by atoms with van der Waals surface area (Å²) in [4.78, 5) is 37.9. The van der Waals surface area contributed by atoms with Gasteiger partial charge in [-0.1, -0.05) is 26.0 Å². The Balaban J connectivity index is 1.62. The summed E-state index contributed by atoms with van der Waals surface area (Å²) in [6, 6.07) is 2.69. The first kappa shape index (κ1) is 26.6. The number of ether oxygens (including phenoxy) is 1. The van der Waals surface area contributed by atoms with E-state index in [1.165, 1.54) is 26.8 Å². The molecule has 0 radical (unpaired) electrons. The Morgan fingerprint density at radius 2 is 1.74 bits per heavy atom. The Hall–Kier alpha value is -3.01. The molecule has 0 amide bonds. The number of esters is 1. The summed E-state index contributed by atoms with van der Waals surface area (Å²) < 4.78 is 67.1. The molecule has 0 heterocycles. The summed E-state index contributed by atoms with van der Waals surface area (Å²) >= 11 is 0. The number of ketones is 1. The molecule has 0 bridgehead atoms. The summed E-state index contributed by atoms with van der Waals surface area (Å²) in [5, 5.41) is 21.8. The van der Waals surface area contributed by atoms with Crippen molar-refractivity contribution in [3.05, 3.63) is 59.2 Å². The number of hydrogen-bond donors (Lipinski definition) is 2. The van der Waals surface area contributed by atoms with Crippen molar-refractivity contribution in [2.75, 3.05) is 0 Å². The molecular weight excluding hydrogens is 508 g/mol. The van der Waals surface area contributed by atoms with Crippen molar-refractivity contribution < 1.29 is 46.9 Å². The zero-order valence-corrected chi connectivity index (χ0v) is 21.0. The van der Waals surface area contributed by atoms with Crippen LogP contribution in [0.1, 0.15) is 50.4 Å². The molecule has 0 aromatic heterocycles. The van der Waals surface area contributed by atoms with Gasteiger partial charge in [0.1, 0.15) is 23.4 Å². The third-order valence-electron chi connectivity index (χ3n) is 9.91. The van der Waals surface area contributed by atoms with Crippen molar-refractivity contribution in [2.45, 2.75) is 63.6 Å². The van der Waals surface area contributed by atoms with Crippen molar-refractivity contribution in [3.8, 4) is 0 Å². The van der Waals surface area contributed by atoms with Crippen LogP contribution in [0.2, 0.25) is 0 Å². The van der Waals surface area contributed by atoms with E-state index in [-0.39, 0.29) is 12.0 Å². The normalized spacial score (nSPS) is 43.5. The fraction of sp³-hybridized carbons (Fsp3) is 0.536. The fourth-order valence-corrected chi connectivity index (χ4v) is 8.13. The number of hydrogen-bond acceptors (Lipinski definition) is 5. The molecule has 1 aromatic carbocycles. The van der Waals surface area contributed by atoms with E-state index < -0.39 is 99.9 Å². The molecule has 0 spiro atoms. The van der Waals surface area contributed by atoms with Gasteiger partial charge in [0.05, 0.1) is 6.10 Å². The Labute approximate surface area is 216 Å². The first-order valence-electron chi connectivity index (χ1n) is 12.5. The maximum atomic E-state index is 17.3. The summed E-state index contributed by atoms with van der Waals surface area (Å²) in [6.07, 6.45) is -1.05. The summed E-state index contributed by atoms with van der Waals surface area (Å²) in [5.74, 6) is -9.21. The van der Waals surface area contributed by atoms with Crippen LogP contribution in [0.25, 0.3) is 0 Å². The molecule has 2 N–H and O–H groups in total. The first-order chi connectivity index (χ1) is 17.6. The van der Waals surface area contributed by atoms with Crippen LogP contribution in [0, 0.1) is 40.2 Å². The minimum Gasteiger partial charge on any atom is -0.478 e. The van der Waals surface area contributed by atoms with Gasteiger partial charge in [0.15, 0.2) is 11.5 Å². The number of allylic oxidation sites excluding steroid dienone is 4. The lowest BCUT2D eigenvalue weighted by molar-refractivity contribution is -0.229. The Bertz CT molecular complexity index is 1290.